The van der Waals surface area contributed by atoms with E-state index in [-0.39, 0.29) is 17.9 Å². The predicted molar refractivity (Wildman–Crippen MR) is 126 cm³/mol. The average Bonchev–Trinajstić information content (AvgIpc) is 2.78. The van der Waals surface area contributed by atoms with E-state index in [2.05, 4.69) is 12.2 Å². The van der Waals surface area contributed by atoms with Crippen LogP contribution in [-0.2, 0) is 4.79 Å². The van der Waals surface area contributed by atoms with Crippen molar-refractivity contribution >= 4 is 35.3 Å². The van der Waals surface area contributed by atoms with Gasteiger partial charge in [-0.05, 0) is 73.6 Å². The number of methoxy groups -OCH3 is 1. The molecule has 6 heteroatoms. The zero-order valence-electron chi connectivity index (χ0n) is 18.2. The van der Waals surface area contributed by atoms with Gasteiger partial charge in [0.1, 0.15) is 5.75 Å². The Kier molecular flexibility index (Phi) is 6.37. The summed E-state index contributed by atoms with van der Waals surface area (Å²) < 4.78 is 5.27. The van der Waals surface area contributed by atoms with Crippen LogP contribution in [0.5, 0.6) is 5.75 Å². The quantitative estimate of drug-likeness (QED) is 0.677. The molecule has 0 aromatic heterocycles. The summed E-state index contributed by atoms with van der Waals surface area (Å²) >= 11 is 1.43. The molecule has 0 radical (unpaired) electrons. The molecule has 1 N–H and O–H groups in total. The Morgan fingerprint density at radius 2 is 1.94 bits per heavy atom. The van der Waals surface area contributed by atoms with Crippen LogP contribution in [0.3, 0.4) is 0 Å². The summed E-state index contributed by atoms with van der Waals surface area (Å²) in [5.74, 6) is 1.34. The van der Waals surface area contributed by atoms with Crippen LogP contribution in [0.1, 0.15) is 48.5 Å². The molecule has 1 saturated carbocycles. The van der Waals surface area contributed by atoms with Crippen LogP contribution in [0.25, 0.3) is 6.08 Å². The maximum atomic E-state index is 13.0. The molecule has 162 valence electrons. The number of nitrogens with zero attached hydrogens (tertiary/aromatic N) is 1. The molecule has 1 fully saturated rings. The molecule has 0 bridgehead atoms. The lowest BCUT2D eigenvalue weighted by molar-refractivity contribution is -0.114. The van der Waals surface area contributed by atoms with Gasteiger partial charge in [0.25, 0.3) is 11.8 Å². The van der Waals surface area contributed by atoms with Crippen molar-refractivity contribution in [2.45, 2.75) is 43.5 Å². The summed E-state index contributed by atoms with van der Waals surface area (Å²) in [5.41, 5.74) is 2.27. The molecular weight excluding hydrogens is 408 g/mol. The highest BCUT2D eigenvalue weighted by Gasteiger charge is 2.28. The minimum absolute atomic E-state index is 0.0640. The van der Waals surface area contributed by atoms with Gasteiger partial charge in [0.15, 0.2) is 0 Å². The van der Waals surface area contributed by atoms with Gasteiger partial charge in [-0.2, -0.15) is 0 Å². The normalized spacial score (nSPS) is 22.2. The first-order chi connectivity index (χ1) is 14.9. The zero-order valence-corrected chi connectivity index (χ0v) is 19.0. The first-order valence-electron chi connectivity index (χ1n) is 10.7. The SMILES string of the molecule is COc1cccc(/C=C2\Sc3ccc(C(=O)NC4CCC(C)CC4)cc3N(C)C2=O)c1. The van der Waals surface area contributed by atoms with Crippen LogP contribution in [0.15, 0.2) is 52.3 Å². The van der Waals surface area contributed by atoms with Crippen molar-refractivity contribution in [1.82, 2.24) is 5.32 Å². The molecule has 2 amide bonds. The second-order valence-electron chi connectivity index (χ2n) is 8.36. The predicted octanol–water partition coefficient (Wildman–Crippen LogP) is 5.11. The van der Waals surface area contributed by atoms with Gasteiger partial charge in [-0.15, -0.1) is 0 Å². The summed E-state index contributed by atoms with van der Waals surface area (Å²) in [5, 5.41) is 3.17. The van der Waals surface area contributed by atoms with Gasteiger partial charge in [-0.3, -0.25) is 9.59 Å². The number of ether oxygens (including phenoxy) is 1. The molecule has 0 saturated heterocycles. The lowest BCUT2D eigenvalue weighted by Gasteiger charge is -2.28. The van der Waals surface area contributed by atoms with Crippen molar-refractivity contribution in [1.29, 1.82) is 0 Å². The number of anilines is 1. The van der Waals surface area contributed by atoms with Crippen molar-refractivity contribution in [3.63, 3.8) is 0 Å². The van der Waals surface area contributed by atoms with Gasteiger partial charge in [0.05, 0.1) is 17.7 Å². The van der Waals surface area contributed by atoms with Crippen molar-refractivity contribution in [2.75, 3.05) is 19.1 Å². The number of hydrogen-bond donors (Lipinski definition) is 1. The largest absolute Gasteiger partial charge is 0.497 e. The Labute approximate surface area is 187 Å². The number of nitrogens with one attached hydrogen (secondary N) is 1. The van der Waals surface area contributed by atoms with E-state index < -0.39 is 0 Å². The fourth-order valence-corrected chi connectivity index (χ4v) is 5.18. The Bertz CT molecular complexity index is 1030. The van der Waals surface area contributed by atoms with Crippen LogP contribution in [-0.4, -0.2) is 32.0 Å². The summed E-state index contributed by atoms with van der Waals surface area (Å²) in [6.07, 6.45) is 6.26. The highest BCUT2D eigenvalue weighted by atomic mass is 32.2. The number of carbonyl (C=O) groups is 2. The standard InChI is InChI=1S/C25H28N2O3S/c1-16-7-10-19(11-8-16)26-24(28)18-9-12-22-21(15-18)27(2)25(29)23(31-22)14-17-5-4-6-20(13-17)30-3/h4-6,9,12-16,19H,7-8,10-11H2,1-3H3,(H,26,28)/b23-14-. The molecular formula is C25H28N2O3S. The molecule has 2 aromatic rings. The molecule has 0 unspecified atom stereocenters. The Morgan fingerprint density at radius 1 is 1.16 bits per heavy atom. The minimum atomic E-state index is -0.0841. The second-order valence-corrected chi connectivity index (χ2v) is 9.45. The summed E-state index contributed by atoms with van der Waals surface area (Å²) in [4.78, 5) is 29.0. The summed E-state index contributed by atoms with van der Waals surface area (Å²) in [7, 11) is 3.38. The van der Waals surface area contributed by atoms with Crippen LogP contribution in [0, 0.1) is 5.92 Å². The molecule has 0 spiro atoms. The number of thioether (sulfide) groups is 1. The smallest absolute Gasteiger partial charge is 0.264 e. The Hall–Kier alpha value is -2.73. The summed E-state index contributed by atoms with van der Waals surface area (Å²) in [6, 6.07) is 13.5. The molecule has 2 aromatic carbocycles. The third-order valence-electron chi connectivity index (χ3n) is 6.06. The van der Waals surface area contributed by atoms with E-state index in [4.69, 9.17) is 4.74 Å². The van der Waals surface area contributed by atoms with E-state index in [1.165, 1.54) is 11.8 Å². The van der Waals surface area contributed by atoms with Gasteiger partial charge in [-0.1, -0.05) is 30.8 Å². The number of hydrogen-bond acceptors (Lipinski definition) is 4. The number of fused-ring (bicyclic) bond motifs is 1. The number of amides is 2. The van der Waals surface area contributed by atoms with Gasteiger partial charge < -0.3 is 15.0 Å². The van der Waals surface area contributed by atoms with Gasteiger partial charge in [0.2, 0.25) is 0 Å². The zero-order chi connectivity index (χ0) is 22.0. The lowest BCUT2D eigenvalue weighted by atomic mass is 9.87. The van der Waals surface area contributed by atoms with Crippen LogP contribution in [0.4, 0.5) is 5.69 Å². The topological polar surface area (TPSA) is 58.6 Å². The second kappa shape index (κ2) is 9.18. The van der Waals surface area contributed by atoms with E-state index in [1.54, 1.807) is 19.1 Å². The third-order valence-corrected chi connectivity index (χ3v) is 7.14. The van der Waals surface area contributed by atoms with Gasteiger partial charge in [-0.25, -0.2) is 0 Å². The molecule has 1 heterocycles. The van der Waals surface area contributed by atoms with E-state index in [9.17, 15) is 9.59 Å². The third kappa shape index (κ3) is 4.79. The van der Waals surface area contributed by atoms with Crippen molar-refractivity contribution in [3.8, 4) is 5.75 Å². The monoisotopic (exact) mass is 436 g/mol. The molecule has 1 aliphatic carbocycles. The molecule has 31 heavy (non-hydrogen) atoms. The van der Waals surface area contributed by atoms with Crippen LogP contribution < -0.4 is 15.0 Å². The highest BCUT2D eigenvalue weighted by molar-refractivity contribution is 8.04. The fourth-order valence-electron chi connectivity index (χ4n) is 4.09. The van der Waals surface area contributed by atoms with E-state index in [1.807, 2.05) is 48.5 Å². The first-order valence-corrected chi connectivity index (χ1v) is 11.5. The molecule has 1 aliphatic heterocycles. The molecule has 4 rings (SSSR count). The maximum absolute atomic E-state index is 13.0. The Balaban J connectivity index is 1.53. The van der Waals surface area contributed by atoms with Crippen molar-refractivity contribution in [3.05, 3.63) is 58.5 Å². The number of carbonyl (C=O) groups excluding carboxylic acids is 2. The lowest BCUT2D eigenvalue weighted by Crippen LogP contribution is -2.37. The molecule has 5 nitrogen and oxygen atoms in total. The van der Waals surface area contributed by atoms with Gasteiger partial charge in [0, 0.05) is 23.5 Å². The average molecular weight is 437 g/mol. The fraction of sp³-hybridized carbons (Fsp3) is 0.360. The molecule has 2 aliphatic rings. The number of benzene rings is 2. The van der Waals surface area contributed by atoms with Crippen molar-refractivity contribution in [2.24, 2.45) is 5.92 Å². The van der Waals surface area contributed by atoms with Gasteiger partial charge >= 0.3 is 0 Å². The number of rotatable bonds is 4. The van der Waals surface area contributed by atoms with Crippen LogP contribution in [0.2, 0.25) is 0 Å². The minimum Gasteiger partial charge on any atom is -0.497 e. The molecule has 0 atom stereocenters. The van der Waals surface area contributed by atoms with E-state index in [0.717, 1.165) is 53.5 Å². The van der Waals surface area contributed by atoms with E-state index >= 15 is 0 Å². The van der Waals surface area contributed by atoms with Crippen LogP contribution >= 0.6 is 11.8 Å². The number of likely N-dealkylation sites (N-methyl/N-ethyl adjacent to an activating group) is 1. The Morgan fingerprint density at radius 3 is 2.68 bits per heavy atom. The van der Waals surface area contributed by atoms with E-state index in [0.29, 0.717) is 10.5 Å². The van der Waals surface area contributed by atoms with Crippen molar-refractivity contribution < 1.29 is 14.3 Å². The first kappa shape index (κ1) is 21.5. The highest BCUT2D eigenvalue weighted by Crippen LogP contribution is 2.42. The summed E-state index contributed by atoms with van der Waals surface area (Å²) in [6.45, 7) is 2.27. The maximum Gasteiger partial charge on any atom is 0.264 e.